The van der Waals surface area contributed by atoms with Gasteiger partial charge in [-0.25, -0.2) is 0 Å². The number of carbonyl (C=O) groups is 1. The molecule has 0 aliphatic carbocycles. The highest BCUT2D eigenvalue weighted by atomic mass is 16.1. The fourth-order valence-corrected chi connectivity index (χ4v) is 4.69. The largest absolute Gasteiger partial charge is 0.355 e. The second kappa shape index (κ2) is 10.9. The van der Waals surface area contributed by atoms with Gasteiger partial charge in [0, 0.05) is 19.1 Å². The van der Waals surface area contributed by atoms with E-state index in [2.05, 4.69) is 40.5 Å². The first-order valence-electron chi connectivity index (χ1n) is 11.5. The smallest absolute Gasteiger partial charge is 0.232 e. The lowest BCUT2D eigenvalue weighted by Crippen LogP contribution is -2.33. The summed E-state index contributed by atoms with van der Waals surface area (Å²) in [6.45, 7) is 2.93. The highest BCUT2D eigenvalue weighted by molar-refractivity contribution is 5.87. The average molecular weight is 413 g/mol. The van der Waals surface area contributed by atoms with Crippen LogP contribution in [0.5, 0.6) is 0 Å². The standard InChI is InChI=1S/C28H32N2O/c31-28(27(24-14-6-2-7-15-24)25-16-8-3-9-17-25)29-20-10-18-26-19-11-21-30(26)22-23-12-4-1-5-13-23/h1-9,12-17,26-27H,10-11,18-22H2,(H,29,31). The lowest BCUT2D eigenvalue weighted by molar-refractivity contribution is -0.121. The Morgan fingerprint density at radius 2 is 1.45 bits per heavy atom. The molecule has 1 heterocycles. The first kappa shape index (κ1) is 21.3. The third-order valence-electron chi connectivity index (χ3n) is 6.27. The molecule has 0 spiro atoms. The van der Waals surface area contributed by atoms with Crippen LogP contribution in [0.4, 0.5) is 0 Å². The summed E-state index contributed by atoms with van der Waals surface area (Å²) < 4.78 is 0. The molecule has 0 radical (unpaired) electrons. The number of nitrogens with zero attached hydrogens (tertiary/aromatic N) is 1. The number of rotatable bonds is 9. The molecule has 0 saturated carbocycles. The Morgan fingerprint density at radius 3 is 2.06 bits per heavy atom. The van der Waals surface area contributed by atoms with Gasteiger partial charge in [-0.15, -0.1) is 0 Å². The highest BCUT2D eigenvalue weighted by Gasteiger charge is 2.25. The van der Waals surface area contributed by atoms with Crippen LogP contribution in [0.3, 0.4) is 0 Å². The van der Waals surface area contributed by atoms with Crippen molar-refractivity contribution in [1.29, 1.82) is 0 Å². The molecule has 0 bridgehead atoms. The maximum Gasteiger partial charge on any atom is 0.232 e. The Labute approximate surface area is 186 Å². The number of hydrogen-bond acceptors (Lipinski definition) is 2. The first-order valence-corrected chi connectivity index (χ1v) is 11.5. The van der Waals surface area contributed by atoms with Crippen molar-refractivity contribution in [3.63, 3.8) is 0 Å². The highest BCUT2D eigenvalue weighted by Crippen LogP contribution is 2.25. The second-order valence-corrected chi connectivity index (χ2v) is 8.44. The summed E-state index contributed by atoms with van der Waals surface area (Å²) in [4.78, 5) is 15.7. The van der Waals surface area contributed by atoms with Crippen molar-refractivity contribution in [3.05, 3.63) is 108 Å². The van der Waals surface area contributed by atoms with E-state index in [-0.39, 0.29) is 11.8 Å². The van der Waals surface area contributed by atoms with Crippen molar-refractivity contribution in [2.75, 3.05) is 13.1 Å². The SMILES string of the molecule is O=C(NCCCC1CCCN1Cc1ccccc1)C(c1ccccc1)c1ccccc1. The molecule has 31 heavy (non-hydrogen) atoms. The van der Waals surface area contributed by atoms with E-state index in [0.29, 0.717) is 6.04 Å². The number of carbonyl (C=O) groups excluding carboxylic acids is 1. The predicted octanol–water partition coefficient (Wildman–Crippen LogP) is 5.38. The number of amides is 1. The Balaban J connectivity index is 1.30. The van der Waals surface area contributed by atoms with Crippen LogP contribution in [0.2, 0.25) is 0 Å². The number of nitrogens with one attached hydrogen (secondary N) is 1. The fourth-order valence-electron chi connectivity index (χ4n) is 4.69. The van der Waals surface area contributed by atoms with Gasteiger partial charge in [-0.05, 0) is 48.9 Å². The summed E-state index contributed by atoms with van der Waals surface area (Å²) in [6.07, 6.45) is 4.68. The van der Waals surface area contributed by atoms with Gasteiger partial charge >= 0.3 is 0 Å². The van der Waals surface area contributed by atoms with E-state index in [4.69, 9.17) is 0 Å². The zero-order valence-corrected chi connectivity index (χ0v) is 18.1. The van der Waals surface area contributed by atoms with Crippen LogP contribution in [-0.4, -0.2) is 29.9 Å². The summed E-state index contributed by atoms with van der Waals surface area (Å²) in [6, 6.07) is 31.5. The molecule has 1 unspecified atom stereocenters. The molecule has 4 rings (SSSR count). The molecule has 1 atom stereocenters. The Hall–Kier alpha value is -2.91. The minimum absolute atomic E-state index is 0.0879. The van der Waals surface area contributed by atoms with E-state index in [1.807, 2.05) is 60.7 Å². The maximum absolute atomic E-state index is 13.1. The van der Waals surface area contributed by atoms with Gasteiger partial charge in [0.25, 0.3) is 0 Å². The van der Waals surface area contributed by atoms with Gasteiger partial charge in [0.2, 0.25) is 5.91 Å². The topological polar surface area (TPSA) is 32.3 Å². The fraction of sp³-hybridized carbons (Fsp3) is 0.321. The molecular weight excluding hydrogens is 380 g/mol. The van der Waals surface area contributed by atoms with Gasteiger partial charge < -0.3 is 5.32 Å². The Bertz CT molecular complexity index is 888. The van der Waals surface area contributed by atoms with E-state index >= 15 is 0 Å². The van der Waals surface area contributed by atoms with E-state index < -0.39 is 0 Å². The lowest BCUT2D eigenvalue weighted by Gasteiger charge is -2.25. The number of benzene rings is 3. The summed E-state index contributed by atoms with van der Waals surface area (Å²) in [5.41, 5.74) is 3.46. The normalized spacial score (nSPS) is 16.5. The van der Waals surface area contributed by atoms with Crippen LogP contribution in [0.15, 0.2) is 91.0 Å². The van der Waals surface area contributed by atoms with Gasteiger partial charge in [0.05, 0.1) is 5.92 Å². The molecule has 1 N–H and O–H groups in total. The number of likely N-dealkylation sites (tertiary alicyclic amines) is 1. The molecule has 1 aliphatic rings. The van der Waals surface area contributed by atoms with Crippen LogP contribution in [0, 0.1) is 0 Å². The predicted molar refractivity (Wildman–Crippen MR) is 127 cm³/mol. The van der Waals surface area contributed by atoms with Crippen molar-refractivity contribution in [2.45, 2.75) is 44.2 Å². The first-order chi connectivity index (χ1) is 15.3. The van der Waals surface area contributed by atoms with Gasteiger partial charge in [-0.3, -0.25) is 9.69 Å². The molecule has 3 aromatic rings. The monoisotopic (exact) mass is 412 g/mol. The van der Waals surface area contributed by atoms with Crippen LogP contribution in [-0.2, 0) is 11.3 Å². The summed E-state index contributed by atoms with van der Waals surface area (Å²) >= 11 is 0. The third kappa shape index (κ3) is 5.83. The molecule has 1 amide bonds. The second-order valence-electron chi connectivity index (χ2n) is 8.44. The van der Waals surface area contributed by atoms with E-state index in [1.54, 1.807) is 0 Å². The molecule has 3 heteroatoms. The number of hydrogen-bond donors (Lipinski definition) is 1. The summed E-state index contributed by atoms with van der Waals surface area (Å²) in [5, 5.41) is 3.21. The van der Waals surface area contributed by atoms with Gasteiger partial charge in [-0.2, -0.15) is 0 Å². The van der Waals surface area contributed by atoms with Crippen molar-refractivity contribution in [1.82, 2.24) is 10.2 Å². The van der Waals surface area contributed by atoms with Gasteiger partial charge in [0.15, 0.2) is 0 Å². The molecule has 1 fully saturated rings. The van der Waals surface area contributed by atoms with Crippen molar-refractivity contribution in [3.8, 4) is 0 Å². The molecule has 3 aromatic carbocycles. The molecule has 0 aromatic heterocycles. The van der Waals surface area contributed by atoms with Crippen LogP contribution in [0.1, 0.15) is 48.3 Å². The van der Waals surface area contributed by atoms with E-state index in [1.165, 1.54) is 24.9 Å². The van der Waals surface area contributed by atoms with Crippen LogP contribution >= 0.6 is 0 Å². The minimum atomic E-state index is -0.261. The van der Waals surface area contributed by atoms with E-state index in [9.17, 15) is 4.79 Å². The molecule has 1 aliphatic heterocycles. The Morgan fingerprint density at radius 1 is 0.871 bits per heavy atom. The van der Waals surface area contributed by atoms with Crippen LogP contribution in [0.25, 0.3) is 0 Å². The van der Waals surface area contributed by atoms with Gasteiger partial charge in [0.1, 0.15) is 0 Å². The van der Waals surface area contributed by atoms with Crippen molar-refractivity contribution >= 4 is 5.91 Å². The zero-order chi connectivity index (χ0) is 21.3. The van der Waals surface area contributed by atoms with Crippen LogP contribution < -0.4 is 5.32 Å². The molecule has 1 saturated heterocycles. The van der Waals surface area contributed by atoms with Crippen molar-refractivity contribution < 1.29 is 4.79 Å². The molecule has 160 valence electrons. The lowest BCUT2D eigenvalue weighted by atomic mass is 9.90. The van der Waals surface area contributed by atoms with E-state index in [0.717, 1.165) is 37.1 Å². The maximum atomic E-state index is 13.1. The summed E-state index contributed by atoms with van der Waals surface area (Å²) in [7, 11) is 0. The van der Waals surface area contributed by atoms with Gasteiger partial charge in [-0.1, -0.05) is 91.0 Å². The zero-order valence-electron chi connectivity index (χ0n) is 18.1. The minimum Gasteiger partial charge on any atom is -0.355 e. The van der Waals surface area contributed by atoms with Crippen molar-refractivity contribution in [2.24, 2.45) is 0 Å². The average Bonchev–Trinajstić information content (AvgIpc) is 3.26. The quantitative estimate of drug-likeness (QED) is 0.479. The third-order valence-corrected chi connectivity index (χ3v) is 6.27. The molecular formula is C28H32N2O. The summed E-state index contributed by atoms with van der Waals surface area (Å²) in [5.74, 6) is -0.173. The molecule has 3 nitrogen and oxygen atoms in total. The Kier molecular flexibility index (Phi) is 7.51.